The van der Waals surface area contributed by atoms with Crippen LogP contribution in [0.5, 0.6) is 0 Å². The Morgan fingerprint density at radius 3 is 2.05 bits per heavy atom. The van der Waals surface area contributed by atoms with Gasteiger partial charge in [-0.1, -0.05) is 12.1 Å². The Hall–Kier alpha value is -2.01. The molecule has 0 atom stereocenters. The molecule has 2 rings (SSSR count). The van der Waals surface area contributed by atoms with Crippen molar-refractivity contribution >= 4 is 21.4 Å². The summed E-state index contributed by atoms with van der Waals surface area (Å²) in [5.74, 6) is 0. The van der Waals surface area contributed by atoms with Gasteiger partial charge in [-0.05, 0) is 61.7 Å². The van der Waals surface area contributed by atoms with E-state index in [2.05, 4.69) is 0 Å². The molecular formula is C16H20N2O2S. The molecular weight excluding hydrogens is 284 g/mol. The fourth-order valence-electron chi connectivity index (χ4n) is 2.21. The molecule has 0 fully saturated rings. The third-order valence-electron chi connectivity index (χ3n) is 3.48. The van der Waals surface area contributed by atoms with Gasteiger partial charge in [0.05, 0.1) is 10.6 Å². The molecule has 0 aromatic heterocycles. The Morgan fingerprint density at radius 2 is 1.52 bits per heavy atom. The highest BCUT2D eigenvalue weighted by molar-refractivity contribution is 7.92. The average Bonchev–Trinajstić information content (AvgIpc) is 2.39. The molecule has 0 amide bonds. The van der Waals surface area contributed by atoms with Crippen molar-refractivity contribution in [2.24, 2.45) is 0 Å². The van der Waals surface area contributed by atoms with Crippen LogP contribution >= 0.6 is 0 Å². The smallest absolute Gasteiger partial charge is 0.264 e. The van der Waals surface area contributed by atoms with Crippen molar-refractivity contribution in [3.8, 4) is 0 Å². The van der Waals surface area contributed by atoms with Gasteiger partial charge in [0, 0.05) is 12.7 Å². The van der Waals surface area contributed by atoms with Crippen molar-refractivity contribution in [2.45, 2.75) is 25.7 Å². The molecule has 4 nitrogen and oxygen atoms in total. The zero-order valence-corrected chi connectivity index (χ0v) is 13.5. The van der Waals surface area contributed by atoms with E-state index in [0.717, 1.165) is 16.7 Å². The molecule has 0 unspecified atom stereocenters. The minimum atomic E-state index is -3.61. The van der Waals surface area contributed by atoms with Crippen LogP contribution in [0.25, 0.3) is 0 Å². The summed E-state index contributed by atoms with van der Waals surface area (Å²) in [5, 5.41) is 0. The second kappa shape index (κ2) is 5.41. The minimum Gasteiger partial charge on any atom is -0.398 e. The Bertz CT molecular complexity index is 763. The van der Waals surface area contributed by atoms with Crippen molar-refractivity contribution in [3.63, 3.8) is 0 Å². The second-order valence-corrected chi connectivity index (χ2v) is 7.31. The fourth-order valence-corrected chi connectivity index (χ4v) is 3.42. The normalized spacial score (nSPS) is 11.4. The lowest BCUT2D eigenvalue weighted by Crippen LogP contribution is -2.26. The van der Waals surface area contributed by atoms with Gasteiger partial charge >= 0.3 is 0 Å². The van der Waals surface area contributed by atoms with E-state index in [0.29, 0.717) is 11.4 Å². The zero-order chi connectivity index (χ0) is 15.8. The van der Waals surface area contributed by atoms with Gasteiger partial charge in [0.25, 0.3) is 10.0 Å². The van der Waals surface area contributed by atoms with Crippen LogP contribution in [0.4, 0.5) is 11.4 Å². The van der Waals surface area contributed by atoms with Crippen LogP contribution in [0, 0.1) is 20.8 Å². The van der Waals surface area contributed by atoms with Crippen LogP contribution in [-0.2, 0) is 10.0 Å². The molecule has 0 aliphatic carbocycles. The molecule has 0 radical (unpaired) electrons. The largest absolute Gasteiger partial charge is 0.398 e. The molecule has 5 heteroatoms. The minimum absolute atomic E-state index is 0.201. The highest BCUT2D eigenvalue weighted by Crippen LogP contribution is 2.26. The predicted molar refractivity (Wildman–Crippen MR) is 87.1 cm³/mol. The predicted octanol–water partition coefficient (Wildman–Crippen LogP) is 3.02. The Labute approximate surface area is 126 Å². The highest BCUT2D eigenvalue weighted by Gasteiger charge is 2.22. The van der Waals surface area contributed by atoms with Crippen LogP contribution in [0.1, 0.15) is 16.7 Å². The molecule has 2 N–H and O–H groups in total. The van der Waals surface area contributed by atoms with Crippen molar-refractivity contribution in [2.75, 3.05) is 17.1 Å². The Balaban J connectivity index is 2.49. The fraction of sp³-hybridized carbons (Fsp3) is 0.250. The summed E-state index contributed by atoms with van der Waals surface area (Å²) < 4.78 is 26.7. The molecule has 21 heavy (non-hydrogen) atoms. The van der Waals surface area contributed by atoms with E-state index in [1.54, 1.807) is 19.2 Å². The molecule has 112 valence electrons. The topological polar surface area (TPSA) is 63.4 Å². The van der Waals surface area contributed by atoms with E-state index < -0.39 is 10.0 Å². The van der Waals surface area contributed by atoms with Crippen molar-refractivity contribution in [1.82, 2.24) is 0 Å². The quantitative estimate of drug-likeness (QED) is 0.887. The van der Waals surface area contributed by atoms with E-state index in [-0.39, 0.29) is 4.90 Å². The van der Waals surface area contributed by atoms with Crippen molar-refractivity contribution < 1.29 is 8.42 Å². The van der Waals surface area contributed by atoms with Gasteiger partial charge in [0.2, 0.25) is 0 Å². The first-order chi connectivity index (χ1) is 9.71. The van der Waals surface area contributed by atoms with Crippen LogP contribution in [0.3, 0.4) is 0 Å². The average molecular weight is 304 g/mol. The van der Waals surface area contributed by atoms with Gasteiger partial charge in [0.15, 0.2) is 0 Å². The lowest BCUT2D eigenvalue weighted by atomic mass is 10.1. The lowest BCUT2D eigenvalue weighted by Gasteiger charge is -2.21. The van der Waals surface area contributed by atoms with Gasteiger partial charge in [0.1, 0.15) is 0 Å². The van der Waals surface area contributed by atoms with Crippen LogP contribution in [0.15, 0.2) is 41.3 Å². The number of nitrogens with zero attached hydrogens (tertiary/aromatic N) is 1. The SMILES string of the molecule is Cc1cc(C)cc(N(C)S(=O)(=O)c2ccc(C)c(N)c2)c1. The maximum absolute atomic E-state index is 12.7. The molecule has 0 spiro atoms. The number of rotatable bonds is 3. The number of sulfonamides is 1. The van der Waals surface area contributed by atoms with E-state index in [4.69, 9.17) is 5.73 Å². The van der Waals surface area contributed by atoms with Crippen LogP contribution in [-0.4, -0.2) is 15.5 Å². The molecule has 0 heterocycles. The number of hydrogen-bond donors (Lipinski definition) is 1. The molecule has 0 aliphatic rings. The van der Waals surface area contributed by atoms with Gasteiger partial charge < -0.3 is 5.73 Å². The summed E-state index contributed by atoms with van der Waals surface area (Å²) in [7, 11) is -2.06. The van der Waals surface area contributed by atoms with Gasteiger partial charge in [-0.2, -0.15) is 0 Å². The zero-order valence-electron chi connectivity index (χ0n) is 12.7. The van der Waals surface area contributed by atoms with E-state index in [1.165, 1.54) is 10.4 Å². The highest BCUT2D eigenvalue weighted by atomic mass is 32.2. The van der Waals surface area contributed by atoms with E-state index >= 15 is 0 Å². The first-order valence-corrected chi connectivity index (χ1v) is 8.09. The van der Waals surface area contributed by atoms with Gasteiger partial charge in [-0.25, -0.2) is 8.42 Å². The molecule has 0 bridgehead atoms. The number of aryl methyl sites for hydroxylation is 3. The summed E-state index contributed by atoms with van der Waals surface area (Å²) in [6, 6.07) is 10.5. The summed E-state index contributed by atoms with van der Waals surface area (Å²) in [6.45, 7) is 5.74. The summed E-state index contributed by atoms with van der Waals surface area (Å²) >= 11 is 0. The number of hydrogen-bond acceptors (Lipinski definition) is 3. The van der Waals surface area contributed by atoms with Gasteiger partial charge in [-0.3, -0.25) is 4.31 Å². The number of benzene rings is 2. The third-order valence-corrected chi connectivity index (χ3v) is 5.26. The molecule has 0 aliphatic heterocycles. The van der Waals surface area contributed by atoms with Crippen molar-refractivity contribution in [3.05, 3.63) is 53.1 Å². The number of anilines is 2. The van der Waals surface area contributed by atoms with E-state index in [1.807, 2.05) is 39.0 Å². The lowest BCUT2D eigenvalue weighted by molar-refractivity contribution is 0.594. The summed E-state index contributed by atoms with van der Waals surface area (Å²) in [4.78, 5) is 0.201. The standard InChI is InChI=1S/C16H20N2O2S/c1-11-7-12(2)9-14(8-11)18(4)21(19,20)15-6-5-13(3)16(17)10-15/h5-10H,17H2,1-4H3. The van der Waals surface area contributed by atoms with Crippen LogP contribution < -0.4 is 10.0 Å². The molecule has 0 saturated heterocycles. The monoisotopic (exact) mass is 304 g/mol. The summed E-state index contributed by atoms with van der Waals surface area (Å²) in [6.07, 6.45) is 0. The second-order valence-electron chi connectivity index (χ2n) is 5.34. The first kappa shape index (κ1) is 15.4. The maximum atomic E-state index is 12.7. The molecule has 2 aromatic carbocycles. The summed E-state index contributed by atoms with van der Waals surface area (Å²) in [5.41, 5.74) is 9.85. The third kappa shape index (κ3) is 3.03. The molecule has 2 aromatic rings. The number of nitrogen functional groups attached to an aromatic ring is 1. The Kier molecular flexibility index (Phi) is 3.96. The maximum Gasteiger partial charge on any atom is 0.264 e. The number of nitrogens with two attached hydrogens (primary N) is 1. The van der Waals surface area contributed by atoms with E-state index in [9.17, 15) is 8.42 Å². The van der Waals surface area contributed by atoms with Crippen molar-refractivity contribution in [1.29, 1.82) is 0 Å². The van der Waals surface area contributed by atoms with Gasteiger partial charge in [-0.15, -0.1) is 0 Å². The first-order valence-electron chi connectivity index (χ1n) is 6.65. The molecule has 0 saturated carbocycles. The van der Waals surface area contributed by atoms with Crippen LogP contribution in [0.2, 0.25) is 0 Å². The Morgan fingerprint density at radius 1 is 0.952 bits per heavy atom.